The Balaban J connectivity index is 1.17. The van der Waals surface area contributed by atoms with Crippen LogP contribution in [-0.2, 0) is 22.6 Å². The molecule has 2 aliphatic rings. The molecule has 3 heterocycles. The monoisotopic (exact) mass is 445 g/mol. The second-order valence-corrected chi connectivity index (χ2v) is 9.00. The normalized spacial score (nSPS) is 18.8. The Hall–Kier alpha value is -3.55. The molecule has 0 radical (unpaired) electrons. The lowest BCUT2D eigenvalue weighted by molar-refractivity contribution is -0.130. The fourth-order valence-corrected chi connectivity index (χ4v) is 4.91. The van der Waals surface area contributed by atoms with E-state index in [1.807, 2.05) is 47.4 Å². The SMILES string of the molecule is O=C(NCc1cccnc1)C1CN(C(=O)CCc2nc(-c3ccccc3)no2)CC12CCC2. The third-order valence-corrected chi connectivity index (χ3v) is 6.91. The minimum absolute atomic E-state index is 0.0262. The van der Waals surface area contributed by atoms with Crippen molar-refractivity contribution in [1.82, 2.24) is 25.3 Å². The molecule has 1 aromatic carbocycles. The number of hydrogen-bond donors (Lipinski definition) is 1. The van der Waals surface area contributed by atoms with Crippen molar-refractivity contribution in [2.45, 2.75) is 38.6 Å². The number of likely N-dealkylation sites (tertiary alicyclic amines) is 1. The lowest BCUT2D eigenvalue weighted by atomic mass is 9.62. The fourth-order valence-electron chi connectivity index (χ4n) is 4.91. The Morgan fingerprint density at radius 3 is 2.73 bits per heavy atom. The predicted octanol–water partition coefficient (Wildman–Crippen LogP) is 3.01. The standard InChI is InChI=1S/C25H27N5O3/c31-22(10-9-21-28-23(29-33-21)19-7-2-1-3-8-19)30-16-20(25(17-30)11-5-12-25)24(32)27-15-18-6-4-13-26-14-18/h1-4,6-8,13-14,20H,5,9-12,15-17H2,(H,27,32). The van der Waals surface area contributed by atoms with Crippen LogP contribution in [0, 0.1) is 11.3 Å². The van der Waals surface area contributed by atoms with E-state index in [4.69, 9.17) is 4.52 Å². The highest BCUT2D eigenvalue weighted by Crippen LogP contribution is 2.51. The van der Waals surface area contributed by atoms with E-state index in [9.17, 15) is 9.59 Å². The van der Waals surface area contributed by atoms with Gasteiger partial charge in [0.15, 0.2) is 0 Å². The largest absolute Gasteiger partial charge is 0.352 e. The summed E-state index contributed by atoms with van der Waals surface area (Å²) in [6.45, 7) is 1.57. The molecule has 2 fully saturated rings. The quantitative estimate of drug-likeness (QED) is 0.600. The van der Waals surface area contributed by atoms with Gasteiger partial charge in [0.25, 0.3) is 0 Å². The average Bonchev–Trinajstić information content (AvgIpc) is 3.48. The van der Waals surface area contributed by atoms with Crippen LogP contribution in [0.1, 0.15) is 37.1 Å². The molecule has 33 heavy (non-hydrogen) atoms. The number of amides is 2. The summed E-state index contributed by atoms with van der Waals surface area (Å²) >= 11 is 0. The molecular formula is C25H27N5O3. The number of aryl methyl sites for hydroxylation is 1. The molecule has 1 N–H and O–H groups in total. The maximum absolute atomic E-state index is 13.0. The van der Waals surface area contributed by atoms with Gasteiger partial charge < -0.3 is 14.7 Å². The van der Waals surface area contributed by atoms with Gasteiger partial charge >= 0.3 is 0 Å². The van der Waals surface area contributed by atoms with E-state index < -0.39 is 0 Å². The second kappa shape index (κ2) is 9.13. The smallest absolute Gasteiger partial charge is 0.227 e. The zero-order valence-corrected chi connectivity index (χ0v) is 18.4. The molecular weight excluding hydrogens is 418 g/mol. The molecule has 1 saturated heterocycles. The van der Waals surface area contributed by atoms with Crippen LogP contribution in [0.5, 0.6) is 0 Å². The molecule has 1 unspecified atom stereocenters. The first-order valence-electron chi connectivity index (χ1n) is 11.5. The summed E-state index contributed by atoms with van der Waals surface area (Å²) in [5.41, 5.74) is 1.76. The topological polar surface area (TPSA) is 101 Å². The number of carbonyl (C=O) groups excluding carboxylic acids is 2. The number of hydrogen-bond acceptors (Lipinski definition) is 6. The van der Waals surface area contributed by atoms with Crippen LogP contribution in [-0.4, -0.2) is 44.9 Å². The summed E-state index contributed by atoms with van der Waals surface area (Å²) < 4.78 is 5.34. The van der Waals surface area contributed by atoms with Crippen molar-refractivity contribution in [3.05, 3.63) is 66.3 Å². The zero-order valence-electron chi connectivity index (χ0n) is 18.4. The van der Waals surface area contributed by atoms with Gasteiger partial charge in [0.05, 0.1) is 5.92 Å². The Bertz CT molecular complexity index is 1110. The molecule has 8 nitrogen and oxygen atoms in total. The second-order valence-electron chi connectivity index (χ2n) is 9.00. The molecule has 0 bridgehead atoms. The molecule has 1 spiro atoms. The summed E-state index contributed by atoms with van der Waals surface area (Å²) in [4.78, 5) is 36.3. The van der Waals surface area contributed by atoms with E-state index in [1.54, 1.807) is 12.4 Å². The lowest BCUT2D eigenvalue weighted by Gasteiger charge is -2.41. The van der Waals surface area contributed by atoms with Crippen LogP contribution in [0.3, 0.4) is 0 Å². The maximum atomic E-state index is 13.0. The van der Waals surface area contributed by atoms with Crippen LogP contribution in [0.4, 0.5) is 0 Å². The summed E-state index contributed by atoms with van der Waals surface area (Å²) in [6, 6.07) is 13.4. The highest BCUT2D eigenvalue weighted by molar-refractivity contribution is 5.83. The van der Waals surface area contributed by atoms with E-state index in [-0.39, 0.29) is 29.6 Å². The van der Waals surface area contributed by atoms with Crippen molar-refractivity contribution in [3.8, 4) is 11.4 Å². The first-order chi connectivity index (χ1) is 16.1. The van der Waals surface area contributed by atoms with E-state index in [1.165, 1.54) is 0 Å². The molecule has 2 aromatic heterocycles. The van der Waals surface area contributed by atoms with Gasteiger partial charge in [-0.1, -0.05) is 48.0 Å². The number of aromatic nitrogens is 3. The van der Waals surface area contributed by atoms with E-state index in [0.717, 1.165) is 30.4 Å². The fraction of sp³-hybridized carbons (Fsp3) is 0.400. The Morgan fingerprint density at radius 2 is 2.00 bits per heavy atom. The average molecular weight is 446 g/mol. The molecule has 2 amide bonds. The Kier molecular flexibility index (Phi) is 5.90. The van der Waals surface area contributed by atoms with Crippen LogP contribution < -0.4 is 5.32 Å². The first-order valence-corrected chi connectivity index (χ1v) is 11.5. The van der Waals surface area contributed by atoms with E-state index in [2.05, 4.69) is 20.4 Å². The summed E-state index contributed by atoms with van der Waals surface area (Å²) in [7, 11) is 0. The molecule has 8 heteroatoms. The summed E-state index contributed by atoms with van der Waals surface area (Å²) in [5.74, 6) is 0.866. The highest BCUT2D eigenvalue weighted by Gasteiger charge is 2.54. The van der Waals surface area contributed by atoms with Crippen molar-refractivity contribution >= 4 is 11.8 Å². The molecule has 1 aliphatic carbocycles. The lowest BCUT2D eigenvalue weighted by Crippen LogP contribution is -2.45. The van der Waals surface area contributed by atoms with Crippen LogP contribution >= 0.6 is 0 Å². The first kappa shape index (κ1) is 21.3. The number of benzene rings is 1. The molecule has 1 saturated carbocycles. The third kappa shape index (κ3) is 4.51. The Morgan fingerprint density at radius 1 is 1.15 bits per heavy atom. The summed E-state index contributed by atoms with van der Waals surface area (Å²) in [6.07, 6.45) is 7.24. The van der Waals surface area contributed by atoms with Crippen molar-refractivity contribution in [3.63, 3.8) is 0 Å². The molecule has 170 valence electrons. The minimum Gasteiger partial charge on any atom is -0.352 e. The summed E-state index contributed by atoms with van der Waals surface area (Å²) in [5, 5.41) is 7.07. The van der Waals surface area contributed by atoms with Crippen molar-refractivity contribution in [1.29, 1.82) is 0 Å². The number of pyridine rings is 1. The third-order valence-electron chi connectivity index (χ3n) is 6.91. The number of rotatable bonds is 7. The van der Waals surface area contributed by atoms with Crippen molar-refractivity contribution < 1.29 is 14.1 Å². The van der Waals surface area contributed by atoms with Gasteiger partial charge in [0, 0.05) is 55.8 Å². The number of nitrogens with zero attached hydrogens (tertiary/aromatic N) is 4. The van der Waals surface area contributed by atoms with Gasteiger partial charge in [0.1, 0.15) is 0 Å². The predicted molar refractivity (Wildman–Crippen MR) is 120 cm³/mol. The molecule has 1 atom stereocenters. The molecule has 1 aliphatic heterocycles. The molecule has 5 rings (SSSR count). The Labute approximate surface area is 192 Å². The number of carbonyl (C=O) groups is 2. The molecule has 3 aromatic rings. The maximum Gasteiger partial charge on any atom is 0.227 e. The van der Waals surface area contributed by atoms with Gasteiger partial charge in [-0.2, -0.15) is 4.98 Å². The minimum atomic E-state index is -0.167. The van der Waals surface area contributed by atoms with Gasteiger partial charge in [-0.25, -0.2) is 0 Å². The highest BCUT2D eigenvalue weighted by atomic mass is 16.5. The van der Waals surface area contributed by atoms with Gasteiger partial charge in [-0.15, -0.1) is 0 Å². The number of nitrogens with one attached hydrogen (secondary N) is 1. The van der Waals surface area contributed by atoms with Gasteiger partial charge in [-0.3, -0.25) is 14.6 Å². The van der Waals surface area contributed by atoms with Crippen molar-refractivity contribution in [2.75, 3.05) is 13.1 Å². The van der Waals surface area contributed by atoms with Crippen molar-refractivity contribution in [2.24, 2.45) is 11.3 Å². The van der Waals surface area contributed by atoms with E-state index in [0.29, 0.717) is 37.8 Å². The van der Waals surface area contributed by atoms with Crippen LogP contribution in [0.25, 0.3) is 11.4 Å². The zero-order chi connectivity index (χ0) is 22.7. The van der Waals surface area contributed by atoms with Gasteiger partial charge in [0.2, 0.25) is 23.5 Å². The van der Waals surface area contributed by atoms with Crippen LogP contribution in [0.2, 0.25) is 0 Å². The van der Waals surface area contributed by atoms with Crippen LogP contribution in [0.15, 0.2) is 59.4 Å². The van der Waals surface area contributed by atoms with E-state index >= 15 is 0 Å². The van der Waals surface area contributed by atoms with Gasteiger partial charge in [-0.05, 0) is 24.5 Å².